The number of carboxylic acid groups (broad SMARTS) is 1. The molecule has 3 N–H and O–H groups in total. The number of halogens is 1. The Kier molecular flexibility index (Phi) is 2.64. The van der Waals surface area contributed by atoms with E-state index in [0.29, 0.717) is 27.6 Å². The van der Waals surface area contributed by atoms with Crippen LogP contribution in [0.1, 0.15) is 10.4 Å². The first-order chi connectivity index (χ1) is 10.6. The number of fused-ring (bicyclic) bond motifs is 2. The summed E-state index contributed by atoms with van der Waals surface area (Å²) >= 11 is 5.95. The number of aromatic amines is 2. The minimum absolute atomic E-state index is 0.0761. The Bertz CT molecular complexity index is 1040. The lowest BCUT2D eigenvalue weighted by molar-refractivity contribution is 0.0699. The first-order valence-electron chi connectivity index (χ1n) is 6.35. The molecule has 8 heteroatoms. The Balaban J connectivity index is 1.96. The van der Waals surface area contributed by atoms with Crippen molar-refractivity contribution in [1.82, 2.24) is 25.1 Å². The van der Waals surface area contributed by atoms with Gasteiger partial charge >= 0.3 is 5.97 Å². The first-order valence-corrected chi connectivity index (χ1v) is 6.72. The van der Waals surface area contributed by atoms with E-state index in [1.165, 1.54) is 6.20 Å². The summed E-state index contributed by atoms with van der Waals surface area (Å²) < 4.78 is 0. The molecule has 0 bridgehead atoms. The summed E-state index contributed by atoms with van der Waals surface area (Å²) in [6, 6.07) is 5.35. The molecule has 3 heterocycles. The number of carbonyl (C=O) groups is 1. The van der Waals surface area contributed by atoms with Crippen molar-refractivity contribution in [1.29, 1.82) is 0 Å². The molecule has 0 fully saturated rings. The Morgan fingerprint density at radius 2 is 2.18 bits per heavy atom. The van der Waals surface area contributed by atoms with E-state index in [1.807, 2.05) is 6.07 Å². The number of rotatable bonds is 2. The van der Waals surface area contributed by atoms with Crippen LogP contribution in [0.5, 0.6) is 0 Å². The van der Waals surface area contributed by atoms with Gasteiger partial charge in [0, 0.05) is 16.6 Å². The second-order valence-corrected chi connectivity index (χ2v) is 5.16. The number of hydrogen-bond acceptors (Lipinski definition) is 4. The van der Waals surface area contributed by atoms with Gasteiger partial charge in [0.25, 0.3) is 0 Å². The van der Waals surface area contributed by atoms with E-state index in [9.17, 15) is 9.90 Å². The molecule has 4 rings (SSSR count). The number of aromatic nitrogens is 5. The van der Waals surface area contributed by atoms with Gasteiger partial charge in [0.2, 0.25) is 0 Å². The van der Waals surface area contributed by atoms with Crippen LogP contribution in [0.4, 0.5) is 0 Å². The zero-order chi connectivity index (χ0) is 15.3. The standard InChI is InChI=1S/C14H8ClN5O2/c15-6-1-2-7-9(3-6)19-20-11(7)10-5-17-13-12(18-10)8(4-16-13)14(21)22/h1-5H,(H,16,17)(H,19,20)(H,21,22). The molecule has 0 aliphatic carbocycles. The quantitative estimate of drug-likeness (QED) is 0.527. The second kappa shape index (κ2) is 4.54. The van der Waals surface area contributed by atoms with E-state index in [0.717, 1.165) is 10.9 Å². The third kappa shape index (κ3) is 1.83. The van der Waals surface area contributed by atoms with Gasteiger partial charge in [0.05, 0.1) is 11.7 Å². The molecule has 0 atom stereocenters. The molecule has 0 aliphatic rings. The average Bonchev–Trinajstić information content (AvgIpc) is 3.09. The van der Waals surface area contributed by atoms with Gasteiger partial charge in [-0.15, -0.1) is 0 Å². The highest BCUT2D eigenvalue weighted by Gasteiger charge is 2.16. The Labute approximate surface area is 128 Å². The van der Waals surface area contributed by atoms with Crippen molar-refractivity contribution >= 4 is 39.6 Å². The Morgan fingerprint density at radius 3 is 3.00 bits per heavy atom. The summed E-state index contributed by atoms with van der Waals surface area (Å²) in [7, 11) is 0. The van der Waals surface area contributed by atoms with Crippen LogP contribution >= 0.6 is 11.6 Å². The van der Waals surface area contributed by atoms with Gasteiger partial charge in [0.1, 0.15) is 22.5 Å². The van der Waals surface area contributed by atoms with Crippen LogP contribution in [0, 0.1) is 0 Å². The van der Waals surface area contributed by atoms with Crippen molar-refractivity contribution in [3.05, 3.63) is 41.2 Å². The highest BCUT2D eigenvalue weighted by molar-refractivity contribution is 6.31. The third-order valence-corrected chi connectivity index (χ3v) is 3.61. The molecule has 0 radical (unpaired) electrons. The zero-order valence-corrected chi connectivity index (χ0v) is 11.7. The second-order valence-electron chi connectivity index (χ2n) is 4.72. The maximum absolute atomic E-state index is 11.2. The average molecular weight is 314 g/mol. The molecular formula is C14H8ClN5O2. The molecule has 0 aliphatic heterocycles. The normalized spacial score (nSPS) is 11.3. The summed E-state index contributed by atoms with van der Waals surface area (Å²) in [5.74, 6) is -1.06. The van der Waals surface area contributed by atoms with Gasteiger partial charge < -0.3 is 10.1 Å². The minimum Gasteiger partial charge on any atom is -0.478 e. The van der Waals surface area contributed by atoms with Gasteiger partial charge in [-0.2, -0.15) is 5.10 Å². The van der Waals surface area contributed by atoms with Crippen molar-refractivity contribution in [3.8, 4) is 11.4 Å². The maximum atomic E-state index is 11.2. The van der Waals surface area contributed by atoms with Gasteiger partial charge in [-0.3, -0.25) is 5.10 Å². The molecule has 0 saturated carbocycles. The van der Waals surface area contributed by atoms with E-state index < -0.39 is 5.97 Å². The molecule has 108 valence electrons. The number of nitrogens with zero attached hydrogens (tertiary/aromatic N) is 3. The maximum Gasteiger partial charge on any atom is 0.339 e. The monoisotopic (exact) mass is 313 g/mol. The number of H-pyrrole nitrogens is 2. The fourth-order valence-electron chi connectivity index (χ4n) is 2.36. The van der Waals surface area contributed by atoms with Gasteiger partial charge in [-0.05, 0) is 18.2 Å². The minimum atomic E-state index is -1.06. The van der Waals surface area contributed by atoms with Crippen molar-refractivity contribution in [2.75, 3.05) is 0 Å². The number of benzene rings is 1. The van der Waals surface area contributed by atoms with Gasteiger partial charge in [-0.1, -0.05) is 11.6 Å². The molecule has 0 amide bonds. The molecule has 0 unspecified atom stereocenters. The molecule has 7 nitrogen and oxygen atoms in total. The molecule has 22 heavy (non-hydrogen) atoms. The molecule has 3 aromatic heterocycles. The van der Waals surface area contributed by atoms with E-state index >= 15 is 0 Å². The first kappa shape index (κ1) is 12.8. The third-order valence-electron chi connectivity index (χ3n) is 3.38. The van der Waals surface area contributed by atoms with Crippen LogP contribution in [0.2, 0.25) is 5.02 Å². The van der Waals surface area contributed by atoms with Crippen molar-refractivity contribution in [2.45, 2.75) is 0 Å². The summed E-state index contributed by atoms with van der Waals surface area (Å²) in [6.45, 7) is 0. The van der Waals surface area contributed by atoms with Gasteiger partial charge in [-0.25, -0.2) is 14.8 Å². The smallest absolute Gasteiger partial charge is 0.339 e. The molecule has 4 aromatic rings. The van der Waals surface area contributed by atoms with E-state index in [1.54, 1.807) is 18.3 Å². The molecule has 1 aromatic carbocycles. The highest BCUT2D eigenvalue weighted by Crippen LogP contribution is 2.27. The van der Waals surface area contributed by atoms with Crippen LogP contribution in [0.3, 0.4) is 0 Å². The van der Waals surface area contributed by atoms with Crippen molar-refractivity contribution < 1.29 is 9.90 Å². The summed E-state index contributed by atoms with van der Waals surface area (Å²) in [6.07, 6.45) is 2.92. The summed E-state index contributed by atoms with van der Waals surface area (Å²) in [5, 5.41) is 17.7. The summed E-state index contributed by atoms with van der Waals surface area (Å²) in [4.78, 5) is 22.6. The molecule has 0 spiro atoms. The number of hydrogen-bond donors (Lipinski definition) is 3. The number of aromatic carboxylic acids is 1. The molecular weight excluding hydrogens is 306 g/mol. The lowest BCUT2D eigenvalue weighted by Gasteiger charge is -1.98. The van der Waals surface area contributed by atoms with E-state index in [-0.39, 0.29) is 5.56 Å². The van der Waals surface area contributed by atoms with Crippen LogP contribution in [-0.4, -0.2) is 36.2 Å². The lowest BCUT2D eigenvalue weighted by Crippen LogP contribution is -1.96. The number of carboxylic acids is 1. The highest BCUT2D eigenvalue weighted by atomic mass is 35.5. The fourth-order valence-corrected chi connectivity index (χ4v) is 2.53. The van der Waals surface area contributed by atoms with Crippen LogP contribution < -0.4 is 0 Å². The SMILES string of the molecule is O=C(O)c1c[nH]c2ncc(-c3n[nH]c4cc(Cl)ccc34)nc12. The van der Waals surface area contributed by atoms with Crippen molar-refractivity contribution in [3.63, 3.8) is 0 Å². The van der Waals surface area contributed by atoms with Crippen molar-refractivity contribution in [2.24, 2.45) is 0 Å². The molecule has 0 saturated heterocycles. The van der Waals surface area contributed by atoms with E-state index in [2.05, 4.69) is 25.1 Å². The zero-order valence-electron chi connectivity index (χ0n) is 11.0. The predicted molar refractivity (Wildman–Crippen MR) is 80.9 cm³/mol. The lowest BCUT2D eigenvalue weighted by atomic mass is 10.1. The topological polar surface area (TPSA) is 108 Å². The van der Waals surface area contributed by atoms with Crippen LogP contribution in [0.15, 0.2) is 30.6 Å². The largest absolute Gasteiger partial charge is 0.478 e. The summed E-state index contributed by atoms with van der Waals surface area (Å²) in [5.41, 5.74) is 2.66. The number of nitrogens with one attached hydrogen (secondary N) is 2. The fraction of sp³-hybridized carbons (Fsp3) is 0. The van der Waals surface area contributed by atoms with Crippen LogP contribution in [0.25, 0.3) is 33.5 Å². The van der Waals surface area contributed by atoms with E-state index in [4.69, 9.17) is 11.6 Å². The van der Waals surface area contributed by atoms with Crippen LogP contribution in [-0.2, 0) is 0 Å². The predicted octanol–water partition coefficient (Wildman–Crippen LogP) is 2.85. The Morgan fingerprint density at radius 1 is 1.32 bits per heavy atom. The van der Waals surface area contributed by atoms with Gasteiger partial charge in [0.15, 0.2) is 5.65 Å². The Hall–Kier alpha value is -2.93.